The lowest BCUT2D eigenvalue weighted by Crippen LogP contribution is -2.35. The van der Waals surface area contributed by atoms with Crippen LogP contribution in [0.3, 0.4) is 0 Å². The minimum Gasteiger partial charge on any atom is -0.331 e. The molecule has 0 fully saturated rings. The standard InChI is InChI=1S/C22H48NO3P/c1-5-6-7-8-9-10-11-12-13-14-15-16-17-18-21-26-27(24,25)22-19-20-23(2,3)4/h5-22H2,1-4H3/p+1. The molecule has 1 atom stereocenters. The van der Waals surface area contributed by atoms with Crippen LogP contribution in [0.5, 0.6) is 0 Å². The molecule has 0 aromatic rings. The van der Waals surface area contributed by atoms with E-state index < -0.39 is 7.60 Å². The lowest BCUT2D eigenvalue weighted by atomic mass is 10.0. The zero-order valence-electron chi connectivity index (χ0n) is 18.9. The van der Waals surface area contributed by atoms with Gasteiger partial charge in [-0.2, -0.15) is 0 Å². The molecule has 0 saturated carbocycles. The maximum atomic E-state index is 12.0. The molecule has 0 rings (SSSR count). The largest absolute Gasteiger partial charge is 0.331 e. The third kappa shape index (κ3) is 22.3. The number of hydrogen-bond donors (Lipinski definition) is 1. The average molecular weight is 407 g/mol. The first-order valence-electron chi connectivity index (χ1n) is 11.5. The van der Waals surface area contributed by atoms with Crippen molar-refractivity contribution >= 4 is 7.60 Å². The minimum atomic E-state index is -3.38. The van der Waals surface area contributed by atoms with Crippen molar-refractivity contribution in [3.8, 4) is 0 Å². The van der Waals surface area contributed by atoms with E-state index in [1.807, 2.05) is 0 Å². The van der Waals surface area contributed by atoms with Gasteiger partial charge < -0.3 is 13.9 Å². The van der Waals surface area contributed by atoms with E-state index in [9.17, 15) is 9.46 Å². The van der Waals surface area contributed by atoms with Gasteiger partial charge in [-0.15, -0.1) is 0 Å². The predicted molar refractivity (Wildman–Crippen MR) is 118 cm³/mol. The lowest BCUT2D eigenvalue weighted by Gasteiger charge is -2.24. The SMILES string of the molecule is CCCCCCCCCCCCCCCCOP(=O)(O)CCC[N+](C)(C)C. The van der Waals surface area contributed by atoms with Crippen molar-refractivity contribution < 1.29 is 18.5 Å². The van der Waals surface area contributed by atoms with Gasteiger partial charge in [0.2, 0.25) is 0 Å². The Bertz CT molecular complexity index is 369. The van der Waals surface area contributed by atoms with E-state index in [4.69, 9.17) is 4.52 Å². The zero-order valence-corrected chi connectivity index (χ0v) is 19.8. The maximum absolute atomic E-state index is 12.0. The molecule has 1 N–H and O–H groups in total. The Morgan fingerprint density at radius 2 is 1.11 bits per heavy atom. The van der Waals surface area contributed by atoms with E-state index in [2.05, 4.69) is 28.1 Å². The first-order chi connectivity index (χ1) is 12.8. The molecular weight excluding hydrogens is 357 g/mol. The predicted octanol–water partition coefficient (Wildman–Crippen LogP) is 6.77. The molecule has 0 saturated heterocycles. The molecule has 4 nitrogen and oxygen atoms in total. The van der Waals surface area contributed by atoms with Crippen molar-refractivity contribution in [3.63, 3.8) is 0 Å². The van der Waals surface area contributed by atoms with Gasteiger partial charge in [0.15, 0.2) is 0 Å². The van der Waals surface area contributed by atoms with Crippen LogP contribution >= 0.6 is 7.60 Å². The molecule has 0 aliphatic rings. The van der Waals surface area contributed by atoms with Crippen molar-refractivity contribution in [2.45, 2.75) is 103 Å². The van der Waals surface area contributed by atoms with Crippen molar-refractivity contribution in [1.82, 2.24) is 0 Å². The van der Waals surface area contributed by atoms with Crippen LogP contribution < -0.4 is 0 Å². The number of unbranched alkanes of at least 4 members (excludes halogenated alkanes) is 13. The van der Waals surface area contributed by atoms with Gasteiger partial charge in [0.05, 0.1) is 40.5 Å². The summed E-state index contributed by atoms with van der Waals surface area (Å²) in [4.78, 5) is 9.84. The lowest BCUT2D eigenvalue weighted by molar-refractivity contribution is -0.870. The van der Waals surface area contributed by atoms with Crippen LogP contribution in [-0.2, 0) is 9.09 Å². The molecule has 0 aliphatic carbocycles. The highest BCUT2D eigenvalue weighted by molar-refractivity contribution is 7.52. The molecule has 0 heterocycles. The first kappa shape index (κ1) is 27.1. The van der Waals surface area contributed by atoms with E-state index in [0.29, 0.717) is 6.61 Å². The summed E-state index contributed by atoms with van der Waals surface area (Å²) in [6.07, 6.45) is 19.4. The van der Waals surface area contributed by atoms with E-state index in [1.165, 1.54) is 77.0 Å². The fourth-order valence-electron chi connectivity index (χ4n) is 3.31. The highest BCUT2D eigenvalue weighted by atomic mass is 31.2. The zero-order chi connectivity index (χ0) is 20.4. The quantitative estimate of drug-likeness (QED) is 0.138. The van der Waals surface area contributed by atoms with Crippen LogP contribution in [-0.4, -0.2) is 49.8 Å². The molecule has 0 amide bonds. The summed E-state index contributed by atoms with van der Waals surface area (Å²) in [7, 11) is 2.91. The van der Waals surface area contributed by atoms with E-state index in [-0.39, 0.29) is 6.16 Å². The smallest absolute Gasteiger partial charge is 0.328 e. The average Bonchev–Trinajstić information content (AvgIpc) is 2.57. The second-order valence-corrected chi connectivity index (χ2v) is 11.1. The van der Waals surface area contributed by atoms with Crippen LogP contribution in [0.2, 0.25) is 0 Å². The molecular formula is C22H49NO3P+. The summed E-state index contributed by atoms with van der Waals surface area (Å²) in [5.41, 5.74) is 0. The molecule has 5 heteroatoms. The van der Waals surface area contributed by atoms with Crippen molar-refractivity contribution in [3.05, 3.63) is 0 Å². The molecule has 0 aliphatic heterocycles. The van der Waals surface area contributed by atoms with Crippen LogP contribution in [0, 0.1) is 0 Å². The second-order valence-electron chi connectivity index (χ2n) is 9.16. The van der Waals surface area contributed by atoms with E-state index >= 15 is 0 Å². The normalized spacial score (nSPS) is 14.4. The Morgan fingerprint density at radius 3 is 1.52 bits per heavy atom. The maximum Gasteiger partial charge on any atom is 0.328 e. The third-order valence-electron chi connectivity index (χ3n) is 5.06. The summed E-state index contributed by atoms with van der Waals surface area (Å²) >= 11 is 0. The number of hydrogen-bond acceptors (Lipinski definition) is 2. The molecule has 0 aromatic heterocycles. The van der Waals surface area contributed by atoms with Gasteiger partial charge in [-0.05, 0) is 6.42 Å². The Balaban J connectivity index is 3.31. The molecule has 1 unspecified atom stereocenters. The molecule has 0 spiro atoms. The topological polar surface area (TPSA) is 46.5 Å². The van der Waals surface area contributed by atoms with Crippen molar-refractivity contribution in [2.75, 3.05) is 40.5 Å². The summed E-state index contributed by atoms with van der Waals surface area (Å²) in [6.45, 7) is 3.59. The van der Waals surface area contributed by atoms with E-state index in [0.717, 1.165) is 30.3 Å². The van der Waals surface area contributed by atoms with Gasteiger partial charge >= 0.3 is 7.60 Å². The molecule has 0 bridgehead atoms. The van der Waals surface area contributed by atoms with Gasteiger partial charge in [0.1, 0.15) is 0 Å². The Labute approximate surface area is 170 Å². The van der Waals surface area contributed by atoms with Crippen LogP contribution in [0.25, 0.3) is 0 Å². The van der Waals surface area contributed by atoms with Gasteiger partial charge in [-0.25, -0.2) is 0 Å². The van der Waals surface area contributed by atoms with Crippen molar-refractivity contribution in [2.24, 2.45) is 0 Å². The first-order valence-corrected chi connectivity index (χ1v) is 13.3. The van der Waals surface area contributed by atoms with Crippen LogP contribution in [0.4, 0.5) is 0 Å². The highest BCUT2D eigenvalue weighted by Crippen LogP contribution is 2.42. The monoisotopic (exact) mass is 406 g/mol. The summed E-state index contributed by atoms with van der Waals surface area (Å²) in [5.74, 6) is 0. The third-order valence-corrected chi connectivity index (χ3v) is 6.53. The number of quaternary nitrogens is 1. The molecule has 0 radical (unpaired) electrons. The number of nitrogens with zero attached hydrogens (tertiary/aromatic N) is 1. The Hall–Kier alpha value is 0.110. The highest BCUT2D eigenvalue weighted by Gasteiger charge is 2.20. The Morgan fingerprint density at radius 1 is 0.704 bits per heavy atom. The molecule has 27 heavy (non-hydrogen) atoms. The summed E-state index contributed by atoms with van der Waals surface area (Å²) < 4.78 is 18.0. The second kappa shape index (κ2) is 17.0. The van der Waals surface area contributed by atoms with Gasteiger partial charge in [-0.1, -0.05) is 90.4 Å². The van der Waals surface area contributed by atoms with E-state index in [1.54, 1.807) is 0 Å². The molecule has 0 aromatic carbocycles. The fourth-order valence-corrected chi connectivity index (χ4v) is 4.40. The summed E-state index contributed by atoms with van der Waals surface area (Å²) in [5, 5.41) is 0. The minimum absolute atomic E-state index is 0.279. The van der Waals surface area contributed by atoms with Crippen LogP contribution in [0.1, 0.15) is 103 Å². The van der Waals surface area contributed by atoms with Gasteiger partial charge in [-0.3, -0.25) is 4.57 Å². The molecule has 164 valence electrons. The number of rotatable bonds is 20. The van der Waals surface area contributed by atoms with Crippen LogP contribution in [0.15, 0.2) is 0 Å². The summed E-state index contributed by atoms with van der Waals surface area (Å²) in [6, 6.07) is 0. The Kier molecular flexibility index (Phi) is 17.1. The van der Waals surface area contributed by atoms with Gasteiger partial charge in [0.25, 0.3) is 0 Å². The fraction of sp³-hybridized carbons (Fsp3) is 1.00. The van der Waals surface area contributed by atoms with Crippen molar-refractivity contribution in [1.29, 1.82) is 0 Å². The van der Waals surface area contributed by atoms with Gasteiger partial charge in [0, 0.05) is 6.42 Å².